The summed E-state index contributed by atoms with van der Waals surface area (Å²) in [5.74, 6) is 0. The van der Waals surface area contributed by atoms with Crippen molar-refractivity contribution in [1.29, 1.82) is 0 Å². The van der Waals surface area contributed by atoms with Crippen LogP contribution in [-0.2, 0) is 0 Å². The number of nitro groups is 1. The quantitative estimate of drug-likeness (QED) is 0.500. The minimum atomic E-state index is -0.697. The van der Waals surface area contributed by atoms with E-state index >= 15 is 0 Å². The highest BCUT2D eigenvalue weighted by atomic mass is 16.6. The van der Waals surface area contributed by atoms with Gasteiger partial charge in [-0.25, -0.2) is 0 Å². The van der Waals surface area contributed by atoms with Gasteiger partial charge in [-0.15, -0.1) is 5.11 Å². The number of non-ortho nitro benzene ring substituents is 1. The zero-order valence-corrected chi connectivity index (χ0v) is 12.9. The second kappa shape index (κ2) is 7.46. The van der Waals surface area contributed by atoms with Crippen molar-refractivity contribution in [2.45, 2.75) is 19.1 Å². The van der Waals surface area contributed by atoms with Crippen LogP contribution in [-0.4, -0.2) is 28.1 Å². The molecule has 2 aromatic carbocycles. The molecule has 0 fully saturated rings. The zero-order valence-electron chi connectivity index (χ0n) is 12.9. The Morgan fingerprint density at radius 1 is 1.13 bits per heavy atom. The van der Waals surface area contributed by atoms with Gasteiger partial charge in [-0.05, 0) is 24.6 Å². The van der Waals surface area contributed by atoms with Gasteiger partial charge < -0.3 is 5.11 Å². The van der Waals surface area contributed by atoms with E-state index in [0.29, 0.717) is 5.69 Å². The Kier molecular flexibility index (Phi) is 5.37. The lowest BCUT2D eigenvalue weighted by Gasteiger charge is -2.25. The van der Waals surface area contributed by atoms with Gasteiger partial charge in [0.2, 0.25) is 0 Å². The van der Waals surface area contributed by atoms with Gasteiger partial charge in [0.15, 0.2) is 0 Å². The molecule has 7 heteroatoms. The third-order valence-electron chi connectivity index (χ3n) is 3.55. The normalized spacial score (nSPS) is 13.7. The summed E-state index contributed by atoms with van der Waals surface area (Å²) in [6.45, 7) is 1.84. The van der Waals surface area contributed by atoms with Crippen LogP contribution >= 0.6 is 0 Å². The lowest BCUT2D eigenvalue weighted by Crippen LogP contribution is -2.30. The van der Waals surface area contributed by atoms with Crippen LogP contribution in [0.1, 0.15) is 18.6 Å². The van der Waals surface area contributed by atoms with Crippen molar-refractivity contribution in [3.8, 4) is 0 Å². The molecule has 120 valence electrons. The van der Waals surface area contributed by atoms with Gasteiger partial charge >= 0.3 is 0 Å². The molecular weight excluding hydrogens is 296 g/mol. The Morgan fingerprint density at radius 2 is 1.74 bits per heavy atom. The number of hydrogen-bond acceptors (Lipinski definition) is 5. The van der Waals surface area contributed by atoms with Crippen LogP contribution in [0.4, 0.5) is 11.4 Å². The van der Waals surface area contributed by atoms with E-state index in [4.69, 9.17) is 0 Å². The van der Waals surface area contributed by atoms with Gasteiger partial charge in [0.25, 0.3) is 5.69 Å². The molecule has 0 amide bonds. The number of nitro benzene ring substituents is 1. The van der Waals surface area contributed by atoms with Gasteiger partial charge in [0, 0.05) is 19.2 Å². The minimum absolute atomic E-state index is 0.00479. The van der Waals surface area contributed by atoms with Gasteiger partial charge in [-0.1, -0.05) is 35.6 Å². The first-order valence-corrected chi connectivity index (χ1v) is 7.11. The molecule has 0 saturated carbocycles. The molecule has 2 atom stereocenters. The highest BCUT2D eigenvalue weighted by Gasteiger charge is 2.19. The molecule has 2 aromatic rings. The molecule has 0 aromatic heterocycles. The zero-order chi connectivity index (χ0) is 16.8. The van der Waals surface area contributed by atoms with Gasteiger partial charge in [-0.2, -0.15) is 0 Å². The van der Waals surface area contributed by atoms with Gasteiger partial charge in [-0.3, -0.25) is 15.1 Å². The Labute approximate surface area is 134 Å². The van der Waals surface area contributed by atoms with Crippen molar-refractivity contribution in [2.75, 3.05) is 7.05 Å². The Morgan fingerprint density at radius 3 is 2.30 bits per heavy atom. The molecular formula is C16H18N4O3. The predicted molar refractivity (Wildman–Crippen MR) is 86.2 cm³/mol. The summed E-state index contributed by atoms with van der Waals surface area (Å²) in [6, 6.07) is 14.8. The van der Waals surface area contributed by atoms with E-state index in [1.54, 1.807) is 12.1 Å². The maximum Gasteiger partial charge on any atom is 0.269 e. The maximum atomic E-state index is 10.6. The third kappa shape index (κ3) is 4.33. The first-order valence-electron chi connectivity index (χ1n) is 7.11. The largest absolute Gasteiger partial charge is 0.386 e. The van der Waals surface area contributed by atoms with Crippen LogP contribution in [0, 0.1) is 10.1 Å². The highest BCUT2D eigenvalue weighted by molar-refractivity contribution is 5.43. The smallest absolute Gasteiger partial charge is 0.269 e. The first-order chi connectivity index (χ1) is 11.0. The molecule has 0 spiro atoms. The second-order valence-corrected chi connectivity index (χ2v) is 5.13. The topological polar surface area (TPSA) is 91.3 Å². The van der Waals surface area contributed by atoms with E-state index < -0.39 is 11.0 Å². The molecule has 0 aliphatic carbocycles. The fourth-order valence-corrected chi connectivity index (χ4v) is 1.98. The van der Waals surface area contributed by atoms with Crippen molar-refractivity contribution >= 4 is 11.4 Å². The number of rotatable bonds is 6. The molecule has 23 heavy (non-hydrogen) atoms. The van der Waals surface area contributed by atoms with Crippen molar-refractivity contribution in [2.24, 2.45) is 10.3 Å². The molecule has 7 nitrogen and oxygen atoms in total. The fraction of sp³-hybridized carbons (Fsp3) is 0.250. The van der Waals surface area contributed by atoms with Crippen LogP contribution in [0.2, 0.25) is 0 Å². The molecule has 2 rings (SSSR count). The van der Waals surface area contributed by atoms with Crippen molar-refractivity contribution in [3.05, 3.63) is 70.3 Å². The van der Waals surface area contributed by atoms with Crippen molar-refractivity contribution in [1.82, 2.24) is 5.01 Å². The van der Waals surface area contributed by atoms with Gasteiger partial charge in [0.1, 0.15) is 6.10 Å². The molecule has 0 aliphatic heterocycles. The fourth-order valence-electron chi connectivity index (χ4n) is 1.98. The summed E-state index contributed by atoms with van der Waals surface area (Å²) < 4.78 is 0. The molecule has 0 radical (unpaired) electrons. The van der Waals surface area contributed by atoms with Crippen LogP contribution < -0.4 is 0 Å². The van der Waals surface area contributed by atoms with Crippen LogP contribution in [0.5, 0.6) is 0 Å². The molecule has 0 aliphatic rings. The number of likely N-dealkylation sites (N-methyl/N-ethyl adjacent to an activating group) is 1. The summed E-state index contributed by atoms with van der Waals surface area (Å²) >= 11 is 0. The number of hydrogen-bond donors (Lipinski definition) is 1. The molecule has 0 unspecified atom stereocenters. The first kappa shape index (κ1) is 16.6. The van der Waals surface area contributed by atoms with E-state index in [1.807, 2.05) is 37.3 Å². The molecule has 0 heterocycles. The number of benzene rings is 2. The van der Waals surface area contributed by atoms with Crippen LogP contribution in [0.15, 0.2) is 64.9 Å². The molecule has 0 saturated heterocycles. The van der Waals surface area contributed by atoms with Crippen LogP contribution in [0.25, 0.3) is 0 Å². The lowest BCUT2D eigenvalue weighted by atomic mass is 10.0. The summed E-state index contributed by atoms with van der Waals surface area (Å²) in [5, 5.41) is 30.5. The van der Waals surface area contributed by atoms with Crippen molar-refractivity contribution in [3.63, 3.8) is 0 Å². The average Bonchev–Trinajstić information content (AvgIpc) is 2.59. The van der Waals surface area contributed by atoms with E-state index in [-0.39, 0.29) is 11.7 Å². The number of nitrogens with zero attached hydrogens (tertiary/aromatic N) is 4. The second-order valence-electron chi connectivity index (χ2n) is 5.13. The van der Waals surface area contributed by atoms with E-state index in [2.05, 4.69) is 10.3 Å². The SMILES string of the molecule is C[C@@H]([C@H](O)c1ccccc1)N(C)N=Nc1ccc([N+](=O)[O-])cc1. The summed E-state index contributed by atoms with van der Waals surface area (Å²) in [7, 11) is 1.71. The van der Waals surface area contributed by atoms with Gasteiger partial charge in [0.05, 0.1) is 16.7 Å². The van der Waals surface area contributed by atoms with Crippen LogP contribution in [0.3, 0.4) is 0 Å². The Hall–Kier alpha value is -2.80. The summed E-state index contributed by atoms with van der Waals surface area (Å²) in [6.07, 6.45) is -0.697. The highest BCUT2D eigenvalue weighted by Crippen LogP contribution is 2.22. The van der Waals surface area contributed by atoms with E-state index in [9.17, 15) is 15.2 Å². The predicted octanol–water partition coefficient (Wildman–Crippen LogP) is 3.65. The third-order valence-corrected chi connectivity index (χ3v) is 3.55. The minimum Gasteiger partial charge on any atom is -0.386 e. The Balaban J connectivity index is 2.02. The number of aliphatic hydroxyl groups is 1. The monoisotopic (exact) mass is 314 g/mol. The van der Waals surface area contributed by atoms with Crippen molar-refractivity contribution < 1.29 is 10.0 Å². The summed E-state index contributed by atoms with van der Waals surface area (Å²) in [4.78, 5) is 10.1. The number of aliphatic hydroxyl groups excluding tert-OH is 1. The summed E-state index contributed by atoms with van der Waals surface area (Å²) in [5.41, 5.74) is 1.31. The maximum absolute atomic E-state index is 10.6. The standard InChI is InChI=1S/C16H18N4O3/c1-12(16(21)13-6-4-3-5-7-13)19(2)18-17-14-8-10-15(11-9-14)20(22)23/h3-12,16,21H,1-2H3/t12-,16-/m0/s1. The molecule has 0 bridgehead atoms. The van der Waals surface area contributed by atoms with E-state index in [0.717, 1.165) is 5.56 Å². The van der Waals surface area contributed by atoms with E-state index in [1.165, 1.54) is 24.3 Å². The lowest BCUT2D eigenvalue weighted by molar-refractivity contribution is -0.384. The average molecular weight is 314 g/mol. The molecule has 1 N–H and O–H groups in total. The Bertz CT molecular complexity index is 673.